The summed E-state index contributed by atoms with van der Waals surface area (Å²) in [5, 5.41) is 2.62. The molecule has 0 aromatic rings. The van der Waals surface area contributed by atoms with Gasteiger partial charge in [0.05, 0.1) is 13.0 Å². The van der Waals surface area contributed by atoms with Crippen molar-refractivity contribution in [3.8, 4) is 0 Å². The van der Waals surface area contributed by atoms with E-state index in [-0.39, 0.29) is 24.5 Å². The summed E-state index contributed by atoms with van der Waals surface area (Å²) < 4.78 is 5.13. The lowest BCUT2D eigenvalue weighted by atomic mass is 10.3. The lowest BCUT2D eigenvalue weighted by molar-refractivity contribution is -0.119. The summed E-state index contributed by atoms with van der Waals surface area (Å²) in [6.45, 7) is 5.48. The van der Waals surface area contributed by atoms with Crippen LogP contribution in [0.2, 0.25) is 0 Å². The Morgan fingerprint density at radius 2 is 2.21 bits per heavy atom. The van der Waals surface area contributed by atoms with E-state index >= 15 is 0 Å². The second kappa shape index (κ2) is 4.83. The first-order valence-corrected chi connectivity index (χ1v) is 4.89. The SMILES string of the molecule is CCN(CC)C(=O)O[C@@H]1CNC(=O)C1. The summed E-state index contributed by atoms with van der Waals surface area (Å²) >= 11 is 0. The van der Waals surface area contributed by atoms with Crippen LogP contribution in [0.4, 0.5) is 4.79 Å². The molecule has 0 aromatic carbocycles. The fraction of sp³-hybridized carbons (Fsp3) is 0.778. The standard InChI is InChI=1S/C9H16N2O3/c1-3-11(4-2)9(13)14-7-5-8(12)10-6-7/h7H,3-6H2,1-2H3,(H,10,12)/t7-/m0/s1. The van der Waals surface area contributed by atoms with Crippen LogP contribution in [-0.4, -0.2) is 42.6 Å². The largest absolute Gasteiger partial charge is 0.444 e. The van der Waals surface area contributed by atoms with Crippen LogP contribution in [0.15, 0.2) is 0 Å². The quantitative estimate of drug-likeness (QED) is 0.715. The fourth-order valence-corrected chi connectivity index (χ4v) is 1.36. The molecule has 5 nitrogen and oxygen atoms in total. The topological polar surface area (TPSA) is 58.6 Å². The molecule has 0 unspecified atom stereocenters. The highest BCUT2D eigenvalue weighted by molar-refractivity contribution is 5.79. The molecule has 0 bridgehead atoms. The molecule has 0 aliphatic carbocycles. The number of carbonyl (C=O) groups excluding carboxylic acids is 2. The van der Waals surface area contributed by atoms with E-state index in [9.17, 15) is 9.59 Å². The van der Waals surface area contributed by atoms with Gasteiger partial charge >= 0.3 is 6.09 Å². The number of rotatable bonds is 3. The Bertz CT molecular complexity index is 226. The molecule has 80 valence electrons. The van der Waals surface area contributed by atoms with Crippen molar-refractivity contribution < 1.29 is 14.3 Å². The van der Waals surface area contributed by atoms with Crippen LogP contribution in [0, 0.1) is 0 Å². The van der Waals surface area contributed by atoms with Crippen LogP contribution >= 0.6 is 0 Å². The highest BCUT2D eigenvalue weighted by Crippen LogP contribution is 2.06. The van der Waals surface area contributed by atoms with E-state index in [1.54, 1.807) is 4.90 Å². The highest BCUT2D eigenvalue weighted by atomic mass is 16.6. The van der Waals surface area contributed by atoms with Crippen LogP contribution in [0.5, 0.6) is 0 Å². The van der Waals surface area contributed by atoms with Gasteiger partial charge in [-0.25, -0.2) is 4.79 Å². The van der Waals surface area contributed by atoms with E-state index in [1.165, 1.54) is 0 Å². The molecule has 0 radical (unpaired) electrons. The van der Waals surface area contributed by atoms with Crippen LogP contribution in [-0.2, 0) is 9.53 Å². The lowest BCUT2D eigenvalue weighted by Crippen LogP contribution is -2.34. The van der Waals surface area contributed by atoms with Crippen molar-refractivity contribution in [1.82, 2.24) is 10.2 Å². The predicted molar refractivity (Wildman–Crippen MR) is 50.8 cm³/mol. The molecule has 1 aliphatic rings. The minimum Gasteiger partial charge on any atom is -0.444 e. The first kappa shape index (κ1) is 10.8. The van der Waals surface area contributed by atoms with Gasteiger partial charge in [0.25, 0.3) is 0 Å². The van der Waals surface area contributed by atoms with Crippen molar-refractivity contribution in [3.63, 3.8) is 0 Å². The van der Waals surface area contributed by atoms with Gasteiger partial charge in [-0.15, -0.1) is 0 Å². The van der Waals surface area contributed by atoms with E-state index < -0.39 is 0 Å². The van der Waals surface area contributed by atoms with Crippen molar-refractivity contribution in [2.75, 3.05) is 19.6 Å². The maximum Gasteiger partial charge on any atom is 0.410 e. The number of hydrogen-bond acceptors (Lipinski definition) is 3. The number of nitrogens with one attached hydrogen (secondary N) is 1. The van der Waals surface area contributed by atoms with E-state index in [1.807, 2.05) is 13.8 Å². The Kier molecular flexibility index (Phi) is 3.73. The second-order valence-electron chi connectivity index (χ2n) is 3.19. The van der Waals surface area contributed by atoms with Gasteiger partial charge in [-0.3, -0.25) is 4.79 Å². The van der Waals surface area contributed by atoms with Crippen molar-refractivity contribution >= 4 is 12.0 Å². The molecular weight excluding hydrogens is 184 g/mol. The first-order valence-electron chi connectivity index (χ1n) is 4.89. The smallest absolute Gasteiger partial charge is 0.410 e. The molecule has 1 N–H and O–H groups in total. The summed E-state index contributed by atoms with van der Waals surface area (Å²) in [6.07, 6.45) is -0.348. The van der Waals surface area contributed by atoms with Crippen molar-refractivity contribution in [2.45, 2.75) is 26.4 Å². The highest BCUT2D eigenvalue weighted by Gasteiger charge is 2.26. The van der Waals surface area contributed by atoms with E-state index in [4.69, 9.17) is 4.74 Å². The summed E-state index contributed by atoms with van der Waals surface area (Å²) in [4.78, 5) is 23.8. The molecule has 1 fully saturated rings. The molecule has 1 saturated heterocycles. The molecule has 0 aromatic heterocycles. The molecule has 2 amide bonds. The summed E-state index contributed by atoms with van der Waals surface area (Å²) in [5.41, 5.74) is 0. The minimum absolute atomic E-state index is 0.0534. The Balaban J connectivity index is 2.36. The third-order valence-electron chi connectivity index (χ3n) is 2.23. The van der Waals surface area contributed by atoms with Crippen molar-refractivity contribution in [1.29, 1.82) is 0 Å². The zero-order valence-electron chi connectivity index (χ0n) is 8.58. The van der Waals surface area contributed by atoms with Crippen LogP contribution in [0.25, 0.3) is 0 Å². The van der Waals surface area contributed by atoms with Gasteiger partial charge in [-0.2, -0.15) is 0 Å². The van der Waals surface area contributed by atoms with Crippen molar-refractivity contribution in [2.24, 2.45) is 0 Å². The van der Waals surface area contributed by atoms with Gasteiger partial charge in [0.2, 0.25) is 5.91 Å². The Morgan fingerprint density at radius 1 is 1.57 bits per heavy atom. The summed E-state index contributed by atoms with van der Waals surface area (Å²) in [5.74, 6) is -0.0534. The fourth-order valence-electron chi connectivity index (χ4n) is 1.36. The van der Waals surface area contributed by atoms with Crippen LogP contribution in [0.3, 0.4) is 0 Å². The van der Waals surface area contributed by atoms with Crippen molar-refractivity contribution in [3.05, 3.63) is 0 Å². The van der Waals surface area contributed by atoms with Gasteiger partial charge in [0.15, 0.2) is 0 Å². The molecule has 1 rings (SSSR count). The average Bonchev–Trinajstić information content (AvgIpc) is 2.53. The number of nitrogens with zero attached hydrogens (tertiary/aromatic N) is 1. The van der Waals surface area contributed by atoms with E-state index in [2.05, 4.69) is 5.32 Å². The van der Waals surface area contributed by atoms with Gasteiger partial charge in [0.1, 0.15) is 6.10 Å². The maximum atomic E-state index is 11.4. The first-order chi connectivity index (χ1) is 6.67. The monoisotopic (exact) mass is 200 g/mol. The van der Waals surface area contributed by atoms with E-state index in [0.29, 0.717) is 19.6 Å². The lowest BCUT2D eigenvalue weighted by Gasteiger charge is -2.20. The second-order valence-corrected chi connectivity index (χ2v) is 3.19. The molecule has 0 spiro atoms. The average molecular weight is 200 g/mol. The van der Waals surface area contributed by atoms with Gasteiger partial charge in [0, 0.05) is 13.1 Å². The third kappa shape index (κ3) is 2.61. The number of carbonyl (C=O) groups is 2. The summed E-state index contributed by atoms with van der Waals surface area (Å²) in [6, 6.07) is 0. The summed E-state index contributed by atoms with van der Waals surface area (Å²) in [7, 11) is 0. The molecular formula is C9H16N2O3. The van der Waals surface area contributed by atoms with Crippen LogP contribution < -0.4 is 5.32 Å². The van der Waals surface area contributed by atoms with Gasteiger partial charge in [-0.1, -0.05) is 0 Å². The molecule has 14 heavy (non-hydrogen) atoms. The van der Waals surface area contributed by atoms with E-state index in [0.717, 1.165) is 0 Å². The minimum atomic E-state index is -0.337. The normalized spacial score (nSPS) is 20.4. The van der Waals surface area contributed by atoms with Gasteiger partial charge < -0.3 is 15.0 Å². The Labute approximate surface area is 83.4 Å². The van der Waals surface area contributed by atoms with Crippen LogP contribution in [0.1, 0.15) is 20.3 Å². The maximum absolute atomic E-state index is 11.4. The number of amides is 2. The Morgan fingerprint density at radius 3 is 2.64 bits per heavy atom. The Hall–Kier alpha value is -1.26. The predicted octanol–water partition coefficient (Wildman–Crippen LogP) is 0.353. The molecule has 1 heterocycles. The zero-order valence-corrected chi connectivity index (χ0v) is 8.58. The number of hydrogen-bond donors (Lipinski definition) is 1. The third-order valence-corrected chi connectivity index (χ3v) is 2.23. The zero-order chi connectivity index (χ0) is 10.6. The number of ether oxygens (including phenoxy) is 1. The molecule has 0 saturated carbocycles. The molecule has 1 aliphatic heterocycles. The molecule has 1 atom stereocenters. The molecule has 5 heteroatoms. The van der Waals surface area contributed by atoms with Gasteiger partial charge in [-0.05, 0) is 13.8 Å².